The number of likely N-dealkylation sites (tertiary alicyclic amines) is 1. The van der Waals surface area contributed by atoms with E-state index < -0.39 is 10.0 Å². The van der Waals surface area contributed by atoms with E-state index in [1.54, 1.807) is 11.8 Å². The number of piperidine rings is 1. The summed E-state index contributed by atoms with van der Waals surface area (Å²) >= 11 is 0. The van der Waals surface area contributed by atoms with Gasteiger partial charge < -0.3 is 14.6 Å². The van der Waals surface area contributed by atoms with Crippen molar-refractivity contribution in [3.05, 3.63) is 17.6 Å². The second-order valence-electron chi connectivity index (χ2n) is 6.50. The second-order valence-corrected chi connectivity index (χ2v) is 8.40. The highest BCUT2D eigenvalue weighted by molar-refractivity contribution is 7.89. The van der Waals surface area contributed by atoms with Crippen LogP contribution in [0.25, 0.3) is 0 Å². The third-order valence-electron chi connectivity index (χ3n) is 4.96. The van der Waals surface area contributed by atoms with Crippen LogP contribution < -0.4 is 5.32 Å². The zero-order valence-electron chi connectivity index (χ0n) is 14.2. The normalized spacial score (nSPS) is 20.7. The molecule has 1 aromatic heterocycles. The summed E-state index contributed by atoms with van der Waals surface area (Å²) in [5.41, 5.74) is 0. The Balaban J connectivity index is 1.77. The van der Waals surface area contributed by atoms with E-state index in [1.807, 2.05) is 7.05 Å². The minimum Gasteiger partial charge on any atom is -0.455 e. The molecule has 3 rings (SSSR count). The Morgan fingerprint density at radius 2 is 1.83 bits per heavy atom. The monoisotopic (exact) mass is 355 g/mol. The number of amides is 1. The molecule has 0 unspecified atom stereocenters. The molecule has 2 aliphatic rings. The number of hydrogen-bond acceptors (Lipinski definition) is 5. The van der Waals surface area contributed by atoms with E-state index in [1.165, 1.54) is 10.4 Å². The molecule has 2 aliphatic heterocycles. The van der Waals surface area contributed by atoms with Crippen molar-refractivity contribution in [3.8, 4) is 0 Å². The summed E-state index contributed by atoms with van der Waals surface area (Å²) in [6.07, 6.45) is 3.53. The number of carbonyl (C=O) groups excluding carboxylic acids is 1. The Labute approximate surface area is 143 Å². The molecule has 3 heterocycles. The van der Waals surface area contributed by atoms with Crippen molar-refractivity contribution in [2.75, 3.05) is 33.2 Å². The van der Waals surface area contributed by atoms with Gasteiger partial charge in [0.2, 0.25) is 10.0 Å². The molecular weight excluding hydrogens is 330 g/mol. The van der Waals surface area contributed by atoms with Crippen molar-refractivity contribution in [2.24, 2.45) is 0 Å². The van der Waals surface area contributed by atoms with Crippen LogP contribution in [0.3, 0.4) is 0 Å². The standard InChI is InChI=1S/C16H25N3O4S/c1-12-15(24(21,22)19-7-3-4-8-19)11-14(23-12)16(20)18-9-5-13(17-2)6-10-18/h11,13,17H,3-10H2,1-2H3. The molecule has 1 amide bonds. The van der Waals surface area contributed by atoms with E-state index in [2.05, 4.69) is 5.32 Å². The Bertz CT molecular complexity index is 699. The highest BCUT2D eigenvalue weighted by Gasteiger charge is 2.33. The van der Waals surface area contributed by atoms with Crippen LogP contribution >= 0.6 is 0 Å². The largest absolute Gasteiger partial charge is 0.455 e. The van der Waals surface area contributed by atoms with E-state index in [0.717, 1.165) is 25.7 Å². The molecule has 24 heavy (non-hydrogen) atoms. The number of furan rings is 1. The van der Waals surface area contributed by atoms with Gasteiger partial charge in [0.1, 0.15) is 10.7 Å². The lowest BCUT2D eigenvalue weighted by atomic mass is 10.1. The second kappa shape index (κ2) is 6.85. The Morgan fingerprint density at radius 1 is 1.21 bits per heavy atom. The number of sulfonamides is 1. The highest BCUT2D eigenvalue weighted by Crippen LogP contribution is 2.27. The van der Waals surface area contributed by atoms with Gasteiger partial charge in [0.15, 0.2) is 5.76 Å². The maximum absolute atomic E-state index is 12.7. The number of hydrogen-bond donors (Lipinski definition) is 1. The van der Waals surface area contributed by atoms with Gasteiger partial charge in [-0.05, 0) is 39.7 Å². The van der Waals surface area contributed by atoms with Gasteiger partial charge >= 0.3 is 0 Å². The van der Waals surface area contributed by atoms with Gasteiger partial charge in [0.05, 0.1) is 0 Å². The summed E-state index contributed by atoms with van der Waals surface area (Å²) < 4.78 is 32.4. The minimum absolute atomic E-state index is 0.119. The van der Waals surface area contributed by atoms with Crippen LogP contribution in [0.5, 0.6) is 0 Å². The minimum atomic E-state index is -3.57. The molecule has 0 bridgehead atoms. The zero-order chi connectivity index (χ0) is 17.3. The summed E-state index contributed by atoms with van der Waals surface area (Å²) in [7, 11) is -1.64. The Morgan fingerprint density at radius 3 is 2.42 bits per heavy atom. The van der Waals surface area contributed by atoms with Crippen molar-refractivity contribution in [2.45, 2.75) is 43.5 Å². The molecule has 0 saturated carbocycles. The summed E-state index contributed by atoms with van der Waals surface area (Å²) in [6.45, 7) is 3.98. The van der Waals surface area contributed by atoms with Crippen LogP contribution in [0.15, 0.2) is 15.4 Å². The van der Waals surface area contributed by atoms with Crippen molar-refractivity contribution < 1.29 is 17.6 Å². The molecule has 8 heteroatoms. The topological polar surface area (TPSA) is 82.9 Å². The fourth-order valence-electron chi connectivity index (χ4n) is 3.42. The average Bonchev–Trinajstić information content (AvgIpc) is 3.24. The predicted molar refractivity (Wildman–Crippen MR) is 89.4 cm³/mol. The SMILES string of the molecule is CNC1CCN(C(=O)c2cc(S(=O)(=O)N3CCCC3)c(C)o2)CC1. The molecule has 7 nitrogen and oxygen atoms in total. The molecule has 0 spiro atoms. The maximum atomic E-state index is 12.7. The third-order valence-corrected chi connectivity index (χ3v) is 6.96. The van der Waals surface area contributed by atoms with E-state index in [9.17, 15) is 13.2 Å². The van der Waals surface area contributed by atoms with Crippen molar-refractivity contribution in [1.82, 2.24) is 14.5 Å². The van der Waals surface area contributed by atoms with Crippen LogP contribution in [-0.4, -0.2) is 62.8 Å². The molecular formula is C16H25N3O4S. The lowest BCUT2D eigenvalue weighted by Gasteiger charge is -2.31. The van der Waals surface area contributed by atoms with Crippen LogP contribution in [0.4, 0.5) is 0 Å². The molecule has 2 fully saturated rings. The third kappa shape index (κ3) is 3.22. The average molecular weight is 355 g/mol. The van der Waals surface area contributed by atoms with Gasteiger partial charge in [0, 0.05) is 38.3 Å². The van der Waals surface area contributed by atoms with Gasteiger partial charge in [-0.15, -0.1) is 0 Å². The number of nitrogens with zero attached hydrogens (tertiary/aromatic N) is 2. The molecule has 0 aromatic carbocycles. The zero-order valence-corrected chi connectivity index (χ0v) is 15.1. The first kappa shape index (κ1) is 17.4. The number of nitrogens with one attached hydrogen (secondary N) is 1. The summed E-state index contributed by atoms with van der Waals surface area (Å²) in [5.74, 6) is 0.180. The maximum Gasteiger partial charge on any atom is 0.289 e. The first-order valence-electron chi connectivity index (χ1n) is 8.50. The lowest BCUT2D eigenvalue weighted by Crippen LogP contribution is -2.43. The van der Waals surface area contributed by atoms with Gasteiger partial charge in [0.25, 0.3) is 5.91 Å². The predicted octanol–water partition coefficient (Wildman–Crippen LogP) is 1.20. The molecule has 0 aliphatic carbocycles. The fraction of sp³-hybridized carbons (Fsp3) is 0.688. The lowest BCUT2D eigenvalue weighted by molar-refractivity contribution is 0.0674. The number of rotatable bonds is 4. The van der Waals surface area contributed by atoms with Gasteiger partial charge in [-0.1, -0.05) is 0 Å². The van der Waals surface area contributed by atoms with E-state index in [0.29, 0.717) is 32.2 Å². The van der Waals surface area contributed by atoms with Crippen molar-refractivity contribution in [3.63, 3.8) is 0 Å². The van der Waals surface area contributed by atoms with Gasteiger partial charge in [-0.3, -0.25) is 4.79 Å². The van der Waals surface area contributed by atoms with E-state index >= 15 is 0 Å². The quantitative estimate of drug-likeness (QED) is 0.877. The fourth-order valence-corrected chi connectivity index (χ4v) is 5.10. The smallest absolute Gasteiger partial charge is 0.289 e. The molecule has 1 aromatic rings. The summed E-state index contributed by atoms with van der Waals surface area (Å²) in [4.78, 5) is 14.5. The molecule has 1 N–H and O–H groups in total. The van der Waals surface area contributed by atoms with Crippen LogP contribution in [0.2, 0.25) is 0 Å². The molecule has 0 atom stereocenters. The van der Waals surface area contributed by atoms with Gasteiger partial charge in [-0.2, -0.15) is 4.31 Å². The highest BCUT2D eigenvalue weighted by atomic mass is 32.2. The van der Waals surface area contributed by atoms with Crippen molar-refractivity contribution >= 4 is 15.9 Å². The first-order valence-corrected chi connectivity index (χ1v) is 9.94. The van der Waals surface area contributed by atoms with E-state index in [4.69, 9.17) is 4.42 Å². The van der Waals surface area contributed by atoms with Crippen LogP contribution in [0, 0.1) is 6.92 Å². The van der Waals surface area contributed by atoms with E-state index in [-0.39, 0.29) is 22.3 Å². The number of aryl methyl sites for hydroxylation is 1. The summed E-state index contributed by atoms with van der Waals surface area (Å²) in [5, 5.41) is 3.22. The van der Waals surface area contributed by atoms with Gasteiger partial charge in [-0.25, -0.2) is 8.42 Å². The number of carbonyl (C=O) groups is 1. The molecule has 134 valence electrons. The molecule has 0 radical (unpaired) electrons. The Kier molecular flexibility index (Phi) is 4.98. The summed E-state index contributed by atoms with van der Waals surface area (Å²) in [6, 6.07) is 1.83. The van der Waals surface area contributed by atoms with Crippen LogP contribution in [0.1, 0.15) is 42.0 Å². The van der Waals surface area contributed by atoms with Crippen molar-refractivity contribution in [1.29, 1.82) is 0 Å². The Hall–Kier alpha value is -1.38. The molecule has 2 saturated heterocycles. The van der Waals surface area contributed by atoms with Crippen LogP contribution in [-0.2, 0) is 10.0 Å². The first-order chi connectivity index (χ1) is 11.4.